The third-order valence-corrected chi connectivity index (χ3v) is 1.67. The second kappa shape index (κ2) is 3.88. The van der Waals surface area contributed by atoms with E-state index >= 15 is 0 Å². The van der Waals surface area contributed by atoms with Crippen LogP contribution in [-0.4, -0.2) is 35.2 Å². The van der Waals surface area contributed by atoms with Crippen molar-refractivity contribution in [1.82, 2.24) is 4.90 Å². The molecular formula is C9H19NO. The minimum atomic E-state index is -0.619. The van der Waals surface area contributed by atoms with Crippen LogP contribution in [0.3, 0.4) is 0 Å². The molecule has 0 rings (SSSR count). The number of rotatable bonds is 4. The van der Waals surface area contributed by atoms with Crippen molar-refractivity contribution in [1.29, 1.82) is 0 Å². The number of nitrogens with zero attached hydrogens (tertiary/aromatic N) is 1. The molecule has 0 amide bonds. The first-order valence-electron chi connectivity index (χ1n) is 3.92. The highest BCUT2D eigenvalue weighted by Crippen LogP contribution is 2.06. The molecule has 2 heteroatoms. The van der Waals surface area contributed by atoms with Gasteiger partial charge in [-0.3, -0.25) is 4.90 Å². The summed E-state index contributed by atoms with van der Waals surface area (Å²) in [7, 11) is 1.98. The van der Waals surface area contributed by atoms with Crippen molar-refractivity contribution < 1.29 is 5.11 Å². The second-order valence-corrected chi connectivity index (χ2v) is 3.70. The van der Waals surface area contributed by atoms with Gasteiger partial charge in [-0.2, -0.15) is 0 Å². The van der Waals surface area contributed by atoms with Crippen LogP contribution in [0.1, 0.15) is 20.8 Å². The van der Waals surface area contributed by atoms with Crippen molar-refractivity contribution in [3.63, 3.8) is 0 Å². The van der Waals surface area contributed by atoms with Crippen molar-refractivity contribution >= 4 is 0 Å². The van der Waals surface area contributed by atoms with Gasteiger partial charge in [0.05, 0.1) is 5.60 Å². The van der Waals surface area contributed by atoms with Crippen LogP contribution in [0.4, 0.5) is 0 Å². The predicted molar refractivity (Wildman–Crippen MR) is 48.6 cm³/mol. The lowest BCUT2D eigenvalue weighted by Gasteiger charge is -2.28. The normalized spacial score (nSPS) is 15.1. The maximum atomic E-state index is 9.46. The van der Waals surface area contributed by atoms with Gasteiger partial charge in [-0.05, 0) is 27.8 Å². The average Bonchev–Trinajstić information content (AvgIpc) is 1.82. The van der Waals surface area contributed by atoms with Crippen molar-refractivity contribution in [2.75, 3.05) is 13.6 Å². The van der Waals surface area contributed by atoms with Crippen molar-refractivity contribution in [3.8, 4) is 0 Å². The fraction of sp³-hybridized carbons (Fsp3) is 0.778. The van der Waals surface area contributed by atoms with Gasteiger partial charge in [-0.1, -0.05) is 6.08 Å². The Balaban J connectivity index is 3.86. The highest BCUT2D eigenvalue weighted by atomic mass is 16.3. The lowest BCUT2D eigenvalue weighted by molar-refractivity contribution is 0.0390. The fourth-order valence-corrected chi connectivity index (χ4v) is 0.934. The summed E-state index contributed by atoms with van der Waals surface area (Å²) in [5, 5.41) is 9.46. The summed E-state index contributed by atoms with van der Waals surface area (Å²) in [5.41, 5.74) is -0.619. The Labute approximate surface area is 69.5 Å². The Bertz CT molecular complexity index is 126. The molecule has 0 spiro atoms. The lowest BCUT2D eigenvalue weighted by atomic mass is 10.1. The SMILES string of the molecule is C=CC(C)N(C)CC(C)(C)O. The summed E-state index contributed by atoms with van der Waals surface area (Å²) in [6, 6.07) is 0.321. The van der Waals surface area contributed by atoms with Crippen LogP contribution in [0.15, 0.2) is 12.7 Å². The van der Waals surface area contributed by atoms with Gasteiger partial charge in [0.25, 0.3) is 0 Å². The zero-order valence-electron chi connectivity index (χ0n) is 7.96. The van der Waals surface area contributed by atoms with Gasteiger partial charge in [0.1, 0.15) is 0 Å². The first kappa shape index (κ1) is 10.7. The van der Waals surface area contributed by atoms with Crippen molar-refractivity contribution in [2.45, 2.75) is 32.4 Å². The number of hydrogen-bond acceptors (Lipinski definition) is 2. The Morgan fingerprint density at radius 3 is 2.36 bits per heavy atom. The van der Waals surface area contributed by atoms with E-state index in [1.54, 1.807) is 13.8 Å². The van der Waals surface area contributed by atoms with Crippen LogP contribution in [0, 0.1) is 0 Å². The van der Waals surface area contributed by atoms with Crippen LogP contribution >= 0.6 is 0 Å². The van der Waals surface area contributed by atoms with E-state index in [0.717, 1.165) is 0 Å². The molecule has 0 aromatic rings. The topological polar surface area (TPSA) is 23.5 Å². The van der Waals surface area contributed by atoms with E-state index in [1.165, 1.54) is 0 Å². The minimum absolute atomic E-state index is 0.321. The van der Waals surface area contributed by atoms with Crippen LogP contribution in [0.5, 0.6) is 0 Å². The molecule has 0 radical (unpaired) electrons. The van der Waals surface area contributed by atoms with Gasteiger partial charge in [-0.15, -0.1) is 6.58 Å². The van der Waals surface area contributed by atoms with Crippen molar-refractivity contribution in [2.24, 2.45) is 0 Å². The Morgan fingerprint density at radius 1 is 1.64 bits per heavy atom. The molecular weight excluding hydrogens is 138 g/mol. The van der Waals surface area contributed by atoms with E-state index in [1.807, 2.05) is 13.1 Å². The highest BCUT2D eigenvalue weighted by molar-refractivity contribution is 4.84. The summed E-state index contributed by atoms with van der Waals surface area (Å²) < 4.78 is 0. The Hall–Kier alpha value is -0.340. The zero-order valence-corrected chi connectivity index (χ0v) is 7.96. The van der Waals surface area contributed by atoms with Gasteiger partial charge in [0.2, 0.25) is 0 Å². The first-order valence-corrected chi connectivity index (χ1v) is 3.92. The third kappa shape index (κ3) is 4.99. The molecule has 0 aliphatic rings. The minimum Gasteiger partial charge on any atom is -0.389 e. The van der Waals surface area contributed by atoms with Crippen molar-refractivity contribution in [3.05, 3.63) is 12.7 Å². The number of aliphatic hydroxyl groups is 1. The van der Waals surface area contributed by atoms with Gasteiger partial charge in [0.15, 0.2) is 0 Å². The Kier molecular flexibility index (Phi) is 3.76. The third-order valence-electron chi connectivity index (χ3n) is 1.67. The van der Waals surface area contributed by atoms with E-state index in [-0.39, 0.29) is 0 Å². The number of hydrogen-bond donors (Lipinski definition) is 1. The summed E-state index contributed by atoms with van der Waals surface area (Å²) in [6.07, 6.45) is 1.87. The predicted octanol–water partition coefficient (Wildman–Crippen LogP) is 1.26. The summed E-state index contributed by atoms with van der Waals surface area (Å²) in [5.74, 6) is 0. The standard InChI is InChI=1S/C9H19NO/c1-6-8(2)10(5)7-9(3,4)11/h6,8,11H,1,7H2,2-5H3. The first-order chi connectivity index (χ1) is 4.87. The smallest absolute Gasteiger partial charge is 0.0718 e. The van der Waals surface area contributed by atoms with Crippen LogP contribution in [0.25, 0.3) is 0 Å². The van der Waals surface area contributed by atoms with E-state index in [9.17, 15) is 5.11 Å². The van der Waals surface area contributed by atoms with Crippen LogP contribution < -0.4 is 0 Å². The highest BCUT2D eigenvalue weighted by Gasteiger charge is 2.17. The second-order valence-electron chi connectivity index (χ2n) is 3.70. The molecule has 0 heterocycles. The maximum Gasteiger partial charge on any atom is 0.0718 e. The lowest BCUT2D eigenvalue weighted by Crippen LogP contribution is -2.40. The molecule has 0 aliphatic heterocycles. The van der Waals surface area contributed by atoms with E-state index in [4.69, 9.17) is 0 Å². The molecule has 11 heavy (non-hydrogen) atoms. The van der Waals surface area contributed by atoms with Gasteiger partial charge < -0.3 is 5.11 Å². The molecule has 0 fully saturated rings. The number of likely N-dealkylation sites (N-methyl/N-ethyl adjacent to an activating group) is 1. The molecule has 1 atom stereocenters. The molecule has 0 saturated carbocycles. The quantitative estimate of drug-likeness (QED) is 0.621. The largest absolute Gasteiger partial charge is 0.389 e. The van der Waals surface area contributed by atoms with Gasteiger partial charge in [-0.25, -0.2) is 0 Å². The molecule has 0 aliphatic carbocycles. The molecule has 66 valence electrons. The van der Waals surface area contributed by atoms with E-state index in [2.05, 4.69) is 18.4 Å². The fourth-order valence-electron chi connectivity index (χ4n) is 0.934. The van der Waals surface area contributed by atoms with E-state index in [0.29, 0.717) is 12.6 Å². The van der Waals surface area contributed by atoms with Crippen LogP contribution in [0.2, 0.25) is 0 Å². The van der Waals surface area contributed by atoms with Crippen LogP contribution in [-0.2, 0) is 0 Å². The molecule has 2 nitrogen and oxygen atoms in total. The Morgan fingerprint density at radius 2 is 2.09 bits per heavy atom. The van der Waals surface area contributed by atoms with Gasteiger partial charge >= 0.3 is 0 Å². The molecule has 1 unspecified atom stereocenters. The zero-order chi connectivity index (χ0) is 9.07. The van der Waals surface area contributed by atoms with E-state index < -0.39 is 5.60 Å². The maximum absolute atomic E-state index is 9.46. The summed E-state index contributed by atoms with van der Waals surface area (Å²) in [4.78, 5) is 2.06. The van der Waals surface area contributed by atoms with Gasteiger partial charge in [0, 0.05) is 12.6 Å². The molecule has 1 N–H and O–H groups in total. The summed E-state index contributed by atoms with van der Waals surface area (Å²) in [6.45, 7) is 10.0. The molecule has 0 saturated heterocycles. The summed E-state index contributed by atoms with van der Waals surface area (Å²) >= 11 is 0. The average molecular weight is 157 g/mol. The molecule has 0 bridgehead atoms. The monoisotopic (exact) mass is 157 g/mol. The molecule has 0 aromatic heterocycles. The molecule has 0 aromatic carbocycles.